The van der Waals surface area contributed by atoms with Crippen molar-refractivity contribution >= 4 is 53.6 Å². The second-order valence-corrected chi connectivity index (χ2v) is 13.1. The highest BCUT2D eigenvalue weighted by molar-refractivity contribution is 7.26. The molecule has 0 atom stereocenters. The highest BCUT2D eigenvalue weighted by Gasteiger charge is 2.21. The van der Waals surface area contributed by atoms with E-state index in [0.29, 0.717) is 23.3 Å². The Morgan fingerprint density at radius 3 is 1.74 bits per heavy atom. The molecule has 0 aliphatic heterocycles. The topological polar surface area (TPSA) is 77.6 Å². The normalized spacial score (nSPS) is 11.6. The fraction of sp³-hybridized carbons (Fsp3) is 0. The zero-order valence-corrected chi connectivity index (χ0v) is 27.3. The van der Waals surface area contributed by atoms with E-state index in [1.54, 1.807) is 11.3 Å². The molecule has 0 bridgehead atoms. The molecule has 10 rings (SSSR count). The largest absolute Gasteiger partial charge is 0.456 e. The minimum atomic E-state index is 0.584. The molecule has 0 amide bonds. The second kappa shape index (κ2) is 11.5. The molecule has 0 spiro atoms. The van der Waals surface area contributed by atoms with Gasteiger partial charge in [-0.25, -0.2) is 24.9 Å². The lowest BCUT2D eigenvalue weighted by atomic mass is 10.0. The third kappa shape index (κ3) is 4.75. The molecule has 50 heavy (non-hydrogen) atoms. The summed E-state index contributed by atoms with van der Waals surface area (Å²) in [6.45, 7) is 0. The first-order valence-electron chi connectivity index (χ1n) is 16.3. The number of furan rings is 1. The summed E-state index contributed by atoms with van der Waals surface area (Å²) in [7, 11) is 0. The van der Waals surface area contributed by atoms with Gasteiger partial charge in [0.25, 0.3) is 0 Å². The second-order valence-electron chi connectivity index (χ2n) is 12.1. The van der Waals surface area contributed by atoms with Gasteiger partial charge in [0.1, 0.15) is 11.2 Å². The van der Waals surface area contributed by atoms with Crippen LogP contribution < -0.4 is 0 Å². The summed E-state index contributed by atoms with van der Waals surface area (Å²) in [6.07, 6.45) is 0. The first kappa shape index (κ1) is 28.4. The molecule has 0 radical (unpaired) electrons. The SMILES string of the molecule is c1ccc(-c2nc(-c3ccccc3)nc(-c3ccc4oc5cccc(-c6nc(-c7ccccc7)c7sc8ccccc8c7n6)c5c4c3)n2)cc1. The minimum absolute atomic E-state index is 0.584. The van der Waals surface area contributed by atoms with Crippen LogP contribution in [0.3, 0.4) is 0 Å². The summed E-state index contributed by atoms with van der Waals surface area (Å²) in [5.41, 5.74) is 8.06. The number of benzene rings is 6. The maximum atomic E-state index is 6.44. The van der Waals surface area contributed by atoms with E-state index >= 15 is 0 Å². The Labute approximate surface area is 290 Å². The van der Waals surface area contributed by atoms with Crippen LogP contribution >= 0.6 is 11.3 Å². The molecule has 4 aromatic heterocycles. The van der Waals surface area contributed by atoms with Crippen molar-refractivity contribution in [2.45, 2.75) is 0 Å². The zero-order valence-electron chi connectivity index (χ0n) is 26.5. The maximum absolute atomic E-state index is 6.44. The summed E-state index contributed by atoms with van der Waals surface area (Å²) in [6, 6.07) is 51.0. The lowest BCUT2D eigenvalue weighted by molar-refractivity contribution is 0.669. The molecule has 0 aliphatic carbocycles. The monoisotopic (exact) mass is 659 g/mol. The Morgan fingerprint density at radius 2 is 1.04 bits per heavy atom. The Bertz CT molecular complexity index is 2810. The number of hydrogen-bond donors (Lipinski definition) is 0. The molecule has 234 valence electrons. The van der Waals surface area contributed by atoms with E-state index in [0.717, 1.165) is 71.1 Å². The molecular weight excluding hydrogens is 635 g/mol. The van der Waals surface area contributed by atoms with Gasteiger partial charge in [0, 0.05) is 48.7 Å². The molecule has 0 saturated heterocycles. The maximum Gasteiger partial charge on any atom is 0.164 e. The number of thiophene rings is 1. The van der Waals surface area contributed by atoms with E-state index in [2.05, 4.69) is 60.7 Å². The van der Waals surface area contributed by atoms with Gasteiger partial charge in [0.15, 0.2) is 23.3 Å². The lowest BCUT2D eigenvalue weighted by Gasteiger charge is -2.09. The van der Waals surface area contributed by atoms with Crippen LogP contribution in [0.15, 0.2) is 156 Å². The van der Waals surface area contributed by atoms with Crippen LogP contribution in [-0.4, -0.2) is 24.9 Å². The van der Waals surface area contributed by atoms with Gasteiger partial charge in [0.05, 0.1) is 15.9 Å². The van der Waals surface area contributed by atoms with Crippen molar-refractivity contribution in [3.8, 4) is 56.8 Å². The van der Waals surface area contributed by atoms with Crippen molar-refractivity contribution < 1.29 is 4.42 Å². The number of hydrogen-bond acceptors (Lipinski definition) is 7. The third-order valence-corrected chi connectivity index (χ3v) is 10.1. The van der Waals surface area contributed by atoms with Gasteiger partial charge in [0.2, 0.25) is 0 Å². The molecule has 0 unspecified atom stereocenters. The van der Waals surface area contributed by atoms with Crippen LogP contribution in [0.2, 0.25) is 0 Å². The van der Waals surface area contributed by atoms with Crippen molar-refractivity contribution in [1.82, 2.24) is 24.9 Å². The molecule has 0 fully saturated rings. The fourth-order valence-electron chi connectivity index (χ4n) is 6.59. The molecule has 6 aromatic carbocycles. The third-order valence-electron chi connectivity index (χ3n) is 8.96. The molecule has 4 heterocycles. The Balaban J connectivity index is 1.20. The van der Waals surface area contributed by atoms with E-state index in [-0.39, 0.29) is 0 Å². The van der Waals surface area contributed by atoms with Crippen LogP contribution in [0.4, 0.5) is 0 Å². The van der Waals surface area contributed by atoms with Gasteiger partial charge < -0.3 is 4.42 Å². The van der Waals surface area contributed by atoms with Crippen molar-refractivity contribution in [1.29, 1.82) is 0 Å². The summed E-state index contributed by atoms with van der Waals surface area (Å²) < 4.78 is 8.70. The Hall–Kier alpha value is -6.57. The highest BCUT2D eigenvalue weighted by Crippen LogP contribution is 2.42. The first-order chi connectivity index (χ1) is 24.8. The predicted octanol–water partition coefficient (Wildman–Crippen LogP) is 11.3. The lowest BCUT2D eigenvalue weighted by Crippen LogP contribution is -2.00. The highest BCUT2D eigenvalue weighted by atomic mass is 32.1. The average molecular weight is 660 g/mol. The van der Waals surface area contributed by atoms with E-state index in [9.17, 15) is 0 Å². The van der Waals surface area contributed by atoms with Gasteiger partial charge in [-0.15, -0.1) is 11.3 Å². The molecule has 0 saturated carbocycles. The zero-order chi connectivity index (χ0) is 33.0. The van der Waals surface area contributed by atoms with Crippen molar-refractivity contribution in [3.05, 3.63) is 152 Å². The van der Waals surface area contributed by atoms with Gasteiger partial charge in [-0.1, -0.05) is 121 Å². The van der Waals surface area contributed by atoms with Crippen LogP contribution in [0.1, 0.15) is 0 Å². The van der Waals surface area contributed by atoms with E-state index in [1.807, 2.05) is 91.0 Å². The van der Waals surface area contributed by atoms with Crippen molar-refractivity contribution in [2.75, 3.05) is 0 Å². The summed E-state index contributed by atoms with van der Waals surface area (Å²) >= 11 is 1.73. The number of fused-ring (bicyclic) bond motifs is 6. The molecule has 10 aromatic rings. The molecular formula is C43H25N5OS. The van der Waals surface area contributed by atoms with Crippen LogP contribution in [0.25, 0.3) is 99.1 Å². The fourth-order valence-corrected chi connectivity index (χ4v) is 7.75. The average Bonchev–Trinajstić information content (AvgIpc) is 3.76. The predicted molar refractivity (Wildman–Crippen MR) is 203 cm³/mol. The molecule has 7 heteroatoms. The number of aromatic nitrogens is 5. The van der Waals surface area contributed by atoms with Crippen LogP contribution in [0, 0.1) is 0 Å². The van der Waals surface area contributed by atoms with E-state index < -0.39 is 0 Å². The smallest absolute Gasteiger partial charge is 0.164 e. The standard InChI is InChI=1S/C43H25N5OS/c1-4-13-26(14-5-1)37-39-38(30-19-10-11-22-35(30)50-39)45-43(44-37)31-20-12-21-34-36(31)32-25-29(23-24-33(32)49-34)42-47-40(27-15-6-2-7-16-27)46-41(48-42)28-17-8-3-9-18-28/h1-25H. The van der Waals surface area contributed by atoms with Crippen LogP contribution in [-0.2, 0) is 0 Å². The molecule has 0 aliphatic rings. The summed E-state index contributed by atoms with van der Waals surface area (Å²) in [5, 5.41) is 3.01. The van der Waals surface area contributed by atoms with Crippen molar-refractivity contribution in [2.24, 2.45) is 0 Å². The number of rotatable bonds is 5. The summed E-state index contributed by atoms with van der Waals surface area (Å²) in [5.74, 6) is 2.47. The van der Waals surface area contributed by atoms with Gasteiger partial charge >= 0.3 is 0 Å². The summed E-state index contributed by atoms with van der Waals surface area (Å²) in [4.78, 5) is 25.3. The Morgan fingerprint density at radius 1 is 0.420 bits per heavy atom. The molecule has 6 nitrogen and oxygen atoms in total. The minimum Gasteiger partial charge on any atom is -0.456 e. The number of nitrogens with zero attached hydrogens (tertiary/aromatic N) is 5. The quantitative estimate of drug-likeness (QED) is 0.183. The molecule has 0 N–H and O–H groups in total. The van der Waals surface area contributed by atoms with Gasteiger partial charge in [-0.2, -0.15) is 0 Å². The van der Waals surface area contributed by atoms with Gasteiger partial charge in [-0.3, -0.25) is 0 Å². The van der Waals surface area contributed by atoms with E-state index in [4.69, 9.17) is 29.3 Å². The first-order valence-corrected chi connectivity index (χ1v) is 17.2. The van der Waals surface area contributed by atoms with E-state index in [1.165, 1.54) is 4.70 Å². The van der Waals surface area contributed by atoms with Crippen LogP contribution in [0.5, 0.6) is 0 Å². The van der Waals surface area contributed by atoms with Gasteiger partial charge in [-0.05, 0) is 30.3 Å². The Kier molecular flexibility index (Phi) is 6.57. The van der Waals surface area contributed by atoms with Crippen molar-refractivity contribution in [3.63, 3.8) is 0 Å².